The van der Waals surface area contributed by atoms with E-state index in [0.717, 1.165) is 56.2 Å². The van der Waals surface area contributed by atoms with Gasteiger partial charge in [-0.15, -0.1) is 24.0 Å². The standard InChI is InChI=1S/C19H27N7O.HI/c1-20-18(27)16-5-3-4-14(12-16)6-9-22-19(21-2)26-10-7-15(8-11-26)17-23-13-24-25-17;/h3-5,12-13,15H,6-11H2,1-2H3,(H,20,27)(H,21,22)(H,23,24,25);1H. The van der Waals surface area contributed by atoms with E-state index >= 15 is 0 Å². The molecule has 2 heterocycles. The molecule has 0 saturated carbocycles. The van der Waals surface area contributed by atoms with Gasteiger partial charge in [0.2, 0.25) is 0 Å². The van der Waals surface area contributed by atoms with Crippen LogP contribution in [0.4, 0.5) is 0 Å². The Balaban J connectivity index is 0.00000280. The largest absolute Gasteiger partial charge is 0.356 e. The Morgan fingerprint density at radius 2 is 2.14 bits per heavy atom. The summed E-state index contributed by atoms with van der Waals surface area (Å²) in [5.41, 5.74) is 1.82. The number of rotatable bonds is 5. The second kappa shape index (κ2) is 11.0. The third-order valence-corrected chi connectivity index (χ3v) is 4.94. The molecule has 9 heteroatoms. The lowest BCUT2D eigenvalue weighted by atomic mass is 9.96. The number of carbonyl (C=O) groups excluding carboxylic acids is 1. The first-order chi connectivity index (χ1) is 13.2. The fourth-order valence-electron chi connectivity index (χ4n) is 3.44. The monoisotopic (exact) mass is 497 g/mol. The van der Waals surface area contributed by atoms with E-state index in [1.165, 1.54) is 0 Å². The van der Waals surface area contributed by atoms with Crippen molar-refractivity contribution in [3.63, 3.8) is 0 Å². The summed E-state index contributed by atoms with van der Waals surface area (Å²) < 4.78 is 0. The van der Waals surface area contributed by atoms with E-state index < -0.39 is 0 Å². The van der Waals surface area contributed by atoms with E-state index in [0.29, 0.717) is 11.5 Å². The fraction of sp³-hybridized carbons (Fsp3) is 0.474. The summed E-state index contributed by atoms with van der Waals surface area (Å²) in [6.45, 7) is 2.65. The number of likely N-dealkylation sites (tertiary alicyclic amines) is 1. The van der Waals surface area contributed by atoms with Crippen molar-refractivity contribution in [2.75, 3.05) is 33.7 Å². The maximum absolute atomic E-state index is 11.7. The van der Waals surface area contributed by atoms with Crippen LogP contribution < -0.4 is 10.6 Å². The highest BCUT2D eigenvalue weighted by Gasteiger charge is 2.24. The molecule has 1 aliphatic rings. The van der Waals surface area contributed by atoms with Crippen LogP contribution in [0.15, 0.2) is 35.6 Å². The van der Waals surface area contributed by atoms with Crippen LogP contribution in [0.5, 0.6) is 0 Å². The van der Waals surface area contributed by atoms with Crippen molar-refractivity contribution in [3.8, 4) is 0 Å². The van der Waals surface area contributed by atoms with Crippen molar-refractivity contribution in [2.45, 2.75) is 25.2 Å². The van der Waals surface area contributed by atoms with Crippen LogP contribution in [0, 0.1) is 0 Å². The van der Waals surface area contributed by atoms with Crippen LogP contribution in [-0.4, -0.2) is 65.7 Å². The van der Waals surface area contributed by atoms with Gasteiger partial charge in [0.1, 0.15) is 12.2 Å². The number of hydrogen-bond acceptors (Lipinski definition) is 4. The molecule has 3 N–H and O–H groups in total. The Morgan fingerprint density at radius 1 is 1.36 bits per heavy atom. The zero-order valence-electron chi connectivity index (χ0n) is 16.3. The normalized spacial score (nSPS) is 15.1. The van der Waals surface area contributed by atoms with Crippen molar-refractivity contribution in [1.82, 2.24) is 30.7 Å². The van der Waals surface area contributed by atoms with Crippen LogP contribution >= 0.6 is 24.0 Å². The van der Waals surface area contributed by atoms with Crippen molar-refractivity contribution >= 4 is 35.8 Å². The summed E-state index contributed by atoms with van der Waals surface area (Å²) in [5.74, 6) is 2.28. The number of aromatic amines is 1. The molecule has 1 aliphatic heterocycles. The number of aromatic nitrogens is 3. The van der Waals surface area contributed by atoms with Gasteiger partial charge in [0, 0.05) is 45.2 Å². The number of carbonyl (C=O) groups is 1. The van der Waals surface area contributed by atoms with E-state index in [1.54, 1.807) is 13.4 Å². The minimum absolute atomic E-state index is 0. The highest BCUT2D eigenvalue weighted by atomic mass is 127. The van der Waals surface area contributed by atoms with Gasteiger partial charge in [-0.3, -0.25) is 14.9 Å². The Labute approximate surface area is 182 Å². The number of amides is 1. The number of nitrogens with one attached hydrogen (secondary N) is 3. The number of nitrogens with zero attached hydrogens (tertiary/aromatic N) is 4. The predicted molar refractivity (Wildman–Crippen MR) is 120 cm³/mol. The Kier molecular flexibility index (Phi) is 8.68. The second-order valence-electron chi connectivity index (χ2n) is 6.64. The molecule has 0 atom stereocenters. The number of benzene rings is 1. The molecule has 0 radical (unpaired) electrons. The first-order valence-corrected chi connectivity index (χ1v) is 9.33. The van der Waals surface area contributed by atoms with Crippen molar-refractivity contribution in [1.29, 1.82) is 0 Å². The summed E-state index contributed by atoms with van der Waals surface area (Å²) in [4.78, 5) is 22.7. The molecule has 0 spiro atoms. The molecule has 0 aliphatic carbocycles. The predicted octanol–water partition coefficient (Wildman–Crippen LogP) is 1.78. The van der Waals surface area contributed by atoms with E-state index in [4.69, 9.17) is 0 Å². The number of piperidine rings is 1. The van der Waals surface area contributed by atoms with E-state index in [9.17, 15) is 4.79 Å². The SMILES string of the molecule is CN=C(NCCc1cccc(C(=O)NC)c1)N1CCC(c2ncn[nH]2)CC1.I. The van der Waals surface area contributed by atoms with Crippen LogP contribution in [0.2, 0.25) is 0 Å². The lowest BCUT2D eigenvalue weighted by molar-refractivity contribution is 0.0963. The fourth-order valence-corrected chi connectivity index (χ4v) is 3.44. The summed E-state index contributed by atoms with van der Waals surface area (Å²) in [6, 6.07) is 7.72. The van der Waals surface area contributed by atoms with Crippen LogP contribution in [0.3, 0.4) is 0 Å². The summed E-state index contributed by atoms with van der Waals surface area (Å²) in [6.07, 6.45) is 4.47. The lowest BCUT2D eigenvalue weighted by Gasteiger charge is -2.33. The third kappa shape index (κ3) is 5.66. The summed E-state index contributed by atoms with van der Waals surface area (Å²) in [5, 5.41) is 13.0. The van der Waals surface area contributed by atoms with Gasteiger partial charge in [-0.25, -0.2) is 4.98 Å². The molecule has 1 saturated heterocycles. The molecule has 2 aromatic rings. The molecule has 0 unspecified atom stereocenters. The van der Waals surface area contributed by atoms with E-state index in [1.807, 2.05) is 31.3 Å². The molecule has 1 aromatic heterocycles. The number of guanidine groups is 1. The summed E-state index contributed by atoms with van der Waals surface area (Å²) in [7, 11) is 3.46. The van der Waals surface area contributed by atoms with Gasteiger partial charge in [0.15, 0.2) is 5.96 Å². The number of hydrogen-bond donors (Lipinski definition) is 3. The van der Waals surface area contributed by atoms with Crippen LogP contribution in [0.25, 0.3) is 0 Å². The number of halogens is 1. The van der Waals surface area contributed by atoms with Crippen molar-refractivity contribution in [2.24, 2.45) is 4.99 Å². The zero-order chi connectivity index (χ0) is 19.1. The average molecular weight is 497 g/mol. The molecule has 28 heavy (non-hydrogen) atoms. The highest BCUT2D eigenvalue weighted by molar-refractivity contribution is 14.0. The van der Waals surface area contributed by atoms with Gasteiger partial charge >= 0.3 is 0 Å². The Morgan fingerprint density at radius 3 is 2.79 bits per heavy atom. The van der Waals surface area contributed by atoms with Crippen molar-refractivity contribution < 1.29 is 4.79 Å². The van der Waals surface area contributed by atoms with Gasteiger partial charge < -0.3 is 15.5 Å². The van der Waals surface area contributed by atoms with Crippen molar-refractivity contribution in [3.05, 3.63) is 47.5 Å². The molecule has 152 valence electrons. The number of H-pyrrole nitrogens is 1. The molecule has 8 nitrogen and oxygen atoms in total. The van der Waals surface area contributed by atoms with Crippen LogP contribution in [-0.2, 0) is 6.42 Å². The number of aliphatic imine (C=N–C) groups is 1. The molecule has 1 aromatic carbocycles. The molecule has 3 rings (SSSR count). The highest BCUT2D eigenvalue weighted by Crippen LogP contribution is 2.24. The molecule has 1 fully saturated rings. The topological polar surface area (TPSA) is 98.3 Å². The molecular formula is C19H28IN7O. The molecular weight excluding hydrogens is 469 g/mol. The third-order valence-electron chi connectivity index (χ3n) is 4.94. The summed E-state index contributed by atoms with van der Waals surface area (Å²) >= 11 is 0. The smallest absolute Gasteiger partial charge is 0.251 e. The van der Waals surface area contributed by atoms with E-state index in [-0.39, 0.29) is 29.9 Å². The minimum atomic E-state index is -0.0600. The maximum atomic E-state index is 11.7. The van der Waals surface area contributed by atoms with Crippen LogP contribution in [0.1, 0.15) is 40.5 Å². The maximum Gasteiger partial charge on any atom is 0.251 e. The Bertz CT molecular complexity index is 770. The second-order valence-corrected chi connectivity index (χ2v) is 6.64. The quantitative estimate of drug-likeness (QED) is 0.333. The average Bonchev–Trinajstić information content (AvgIpc) is 3.26. The first-order valence-electron chi connectivity index (χ1n) is 9.33. The first kappa shape index (κ1) is 22.1. The zero-order valence-corrected chi connectivity index (χ0v) is 18.6. The Hall–Kier alpha value is -2.17. The molecule has 1 amide bonds. The van der Waals surface area contributed by atoms with Gasteiger partial charge in [0.05, 0.1) is 0 Å². The van der Waals surface area contributed by atoms with E-state index in [2.05, 4.69) is 35.7 Å². The van der Waals surface area contributed by atoms with Gasteiger partial charge in [0.25, 0.3) is 5.91 Å². The lowest BCUT2D eigenvalue weighted by Crippen LogP contribution is -2.45. The van der Waals surface area contributed by atoms with Gasteiger partial charge in [-0.05, 0) is 37.0 Å². The molecule has 0 bridgehead atoms. The van der Waals surface area contributed by atoms with Gasteiger partial charge in [-0.1, -0.05) is 12.1 Å². The minimum Gasteiger partial charge on any atom is -0.356 e. The van der Waals surface area contributed by atoms with Gasteiger partial charge in [-0.2, -0.15) is 5.10 Å².